The Morgan fingerprint density at radius 1 is 1.20 bits per heavy atom. The first-order chi connectivity index (χ1) is 12.0. The molecule has 0 saturated carbocycles. The summed E-state index contributed by atoms with van der Waals surface area (Å²) in [6, 6.07) is 4.04. The fourth-order valence-electron chi connectivity index (χ4n) is 3.37. The van der Waals surface area contributed by atoms with Crippen molar-refractivity contribution in [1.29, 1.82) is 0 Å². The van der Waals surface area contributed by atoms with Crippen LogP contribution in [0.4, 0.5) is 9.18 Å². The highest BCUT2D eigenvalue weighted by Gasteiger charge is 2.32. The van der Waals surface area contributed by atoms with Crippen molar-refractivity contribution >= 4 is 23.5 Å². The number of halogens is 2. The molecule has 1 aromatic carbocycles. The number of amides is 3. The molecule has 2 aliphatic heterocycles. The zero-order chi connectivity index (χ0) is 18.0. The van der Waals surface area contributed by atoms with E-state index in [1.165, 1.54) is 6.07 Å². The smallest absolute Gasteiger partial charge is 0.314 e. The van der Waals surface area contributed by atoms with Crippen molar-refractivity contribution in [3.8, 4) is 0 Å². The van der Waals surface area contributed by atoms with Crippen molar-refractivity contribution in [1.82, 2.24) is 9.80 Å². The van der Waals surface area contributed by atoms with E-state index in [4.69, 9.17) is 22.1 Å². The number of hydrogen-bond acceptors (Lipinski definition) is 3. The first-order valence-corrected chi connectivity index (χ1v) is 8.73. The first-order valence-electron chi connectivity index (χ1n) is 8.35. The summed E-state index contributed by atoms with van der Waals surface area (Å²) in [6.07, 6.45) is 0.916. The van der Waals surface area contributed by atoms with E-state index in [9.17, 15) is 14.0 Å². The lowest BCUT2D eigenvalue weighted by Crippen LogP contribution is -2.49. The van der Waals surface area contributed by atoms with Crippen LogP contribution in [0.25, 0.3) is 0 Å². The molecule has 2 aliphatic rings. The molecular weight excluding hydrogens is 349 g/mol. The highest BCUT2D eigenvalue weighted by molar-refractivity contribution is 6.30. The number of hydrogen-bond donors (Lipinski definition) is 1. The Hall–Kier alpha value is -1.86. The molecule has 6 nitrogen and oxygen atoms in total. The highest BCUT2D eigenvalue weighted by Crippen LogP contribution is 2.28. The second kappa shape index (κ2) is 7.58. The Balaban J connectivity index is 1.62. The van der Waals surface area contributed by atoms with Crippen molar-refractivity contribution in [2.45, 2.75) is 18.9 Å². The van der Waals surface area contributed by atoms with E-state index in [0.29, 0.717) is 45.6 Å². The Morgan fingerprint density at radius 3 is 2.56 bits per heavy atom. The number of morpholine rings is 1. The molecule has 136 valence electrons. The van der Waals surface area contributed by atoms with Gasteiger partial charge in [-0.05, 0) is 30.5 Å². The SMILES string of the molecule is NC(=O)N1CCC(C(=O)N2CCO[C@@H](c3ccc(F)c(Cl)c3)C2)CC1. The number of carbonyl (C=O) groups excluding carboxylic acids is 2. The van der Waals surface area contributed by atoms with Gasteiger partial charge in [-0.1, -0.05) is 17.7 Å². The minimum Gasteiger partial charge on any atom is -0.370 e. The minimum atomic E-state index is -0.477. The van der Waals surface area contributed by atoms with Crippen LogP contribution in [0.1, 0.15) is 24.5 Å². The lowest BCUT2D eigenvalue weighted by molar-refractivity contribution is -0.144. The summed E-state index contributed by atoms with van der Waals surface area (Å²) in [4.78, 5) is 27.3. The number of rotatable bonds is 2. The molecule has 2 N–H and O–H groups in total. The van der Waals surface area contributed by atoms with Crippen LogP contribution in [0.3, 0.4) is 0 Å². The van der Waals surface area contributed by atoms with E-state index in [2.05, 4.69) is 0 Å². The maximum Gasteiger partial charge on any atom is 0.314 e. The van der Waals surface area contributed by atoms with Gasteiger partial charge in [-0.15, -0.1) is 0 Å². The number of primary amides is 1. The average Bonchev–Trinajstić information content (AvgIpc) is 2.63. The predicted molar refractivity (Wildman–Crippen MR) is 90.6 cm³/mol. The number of benzene rings is 1. The van der Waals surface area contributed by atoms with Crippen LogP contribution in [0.5, 0.6) is 0 Å². The Morgan fingerprint density at radius 2 is 1.92 bits per heavy atom. The number of ether oxygens (including phenoxy) is 1. The van der Waals surface area contributed by atoms with Gasteiger partial charge in [0.15, 0.2) is 0 Å². The summed E-state index contributed by atoms with van der Waals surface area (Å²) in [7, 11) is 0. The summed E-state index contributed by atoms with van der Waals surface area (Å²) < 4.78 is 19.1. The molecule has 3 rings (SSSR count). The van der Waals surface area contributed by atoms with Crippen molar-refractivity contribution in [3.05, 3.63) is 34.6 Å². The Labute approximate surface area is 150 Å². The van der Waals surface area contributed by atoms with Gasteiger partial charge in [-0.2, -0.15) is 0 Å². The van der Waals surface area contributed by atoms with Gasteiger partial charge >= 0.3 is 6.03 Å². The molecule has 0 unspecified atom stereocenters. The molecule has 0 aromatic heterocycles. The molecule has 0 bridgehead atoms. The lowest BCUT2D eigenvalue weighted by Gasteiger charge is -2.37. The number of nitrogens with two attached hydrogens (primary N) is 1. The molecule has 0 spiro atoms. The van der Waals surface area contributed by atoms with Crippen LogP contribution in [0, 0.1) is 11.7 Å². The van der Waals surface area contributed by atoms with Gasteiger partial charge in [0.1, 0.15) is 11.9 Å². The van der Waals surface area contributed by atoms with Crippen molar-refractivity contribution in [2.24, 2.45) is 11.7 Å². The maximum absolute atomic E-state index is 13.3. The van der Waals surface area contributed by atoms with Gasteiger partial charge in [0.05, 0.1) is 18.2 Å². The molecule has 1 aromatic rings. The summed E-state index contributed by atoms with van der Waals surface area (Å²) in [5.41, 5.74) is 6.03. The highest BCUT2D eigenvalue weighted by atomic mass is 35.5. The summed E-state index contributed by atoms with van der Waals surface area (Å²) in [6.45, 7) is 2.38. The third kappa shape index (κ3) is 4.04. The number of piperidine rings is 1. The molecular formula is C17H21ClFN3O3. The standard InChI is InChI=1S/C17H21ClFN3O3/c18-13-9-12(1-2-14(13)19)15-10-22(7-8-25-15)16(23)11-3-5-21(6-4-11)17(20)24/h1-2,9,11,15H,3-8,10H2,(H2,20,24)/t15-/m1/s1. The molecule has 2 saturated heterocycles. The average molecular weight is 370 g/mol. The number of nitrogens with zero attached hydrogens (tertiary/aromatic N) is 2. The van der Waals surface area contributed by atoms with E-state index in [0.717, 1.165) is 5.56 Å². The van der Waals surface area contributed by atoms with Crippen LogP contribution in [-0.2, 0) is 9.53 Å². The Kier molecular flexibility index (Phi) is 5.44. The van der Waals surface area contributed by atoms with Crippen LogP contribution >= 0.6 is 11.6 Å². The summed E-state index contributed by atoms with van der Waals surface area (Å²) in [5, 5.41) is 0.0448. The third-order valence-corrected chi connectivity index (χ3v) is 5.14. The second-order valence-corrected chi connectivity index (χ2v) is 6.82. The normalized spacial score (nSPS) is 22.1. The molecule has 3 amide bonds. The quantitative estimate of drug-likeness (QED) is 0.868. The molecule has 0 radical (unpaired) electrons. The third-order valence-electron chi connectivity index (χ3n) is 4.85. The first kappa shape index (κ1) is 17.9. The second-order valence-electron chi connectivity index (χ2n) is 6.42. The molecule has 25 heavy (non-hydrogen) atoms. The van der Waals surface area contributed by atoms with Crippen molar-refractivity contribution in [2.75, 3.05) is 32.8 Å². The zero-order valence-corrected chi connectivity index (χ0v) is 14.5. The predicted octanol–water partition coefficient (Wildman–Crippen LogP) is 2.17. The number of likely N-dealkylation sites (tertiary alicyclic amines) is 1. The molecule has 8 heteroatoms. The minimum absolute atomic E-state index is 0.0448. The topological polar surface area (TPSA) is 75.9 Å². The van der Waals surface area contributed by atoms with E-state index in [1.54, 1.807) is 21.9 Å². The zero-order valence-electron chi connectivity index (χ0n) is 13.8. The van der Waals surface area contributed by atoms with E-state index in [1.807, 2.05) is 0 Å². The number of urea groups is 1. The van der Waals surface area contributed by atoms with Gasteiger partial charge in [0.25, 0.3) is 0 Å². The number of carbonyl (C=O) groups is 2. The van der Waals surface area contributed by atoms with Crippen LogP contribution in [0.15, 0.2) is 18.2 Å². The van der Waals surface area contributed by atoms with E-state index >= 15 is 0 Å². The molecule has 2 heterocycles. The summed E-state index contributed by atoms with van der Waals surface area (Å²) in [5.74, 6) is -0.507. The lowest BCUT2D eigenvalue weighted by atomic mass is 9.95. The molecule has 2 fully saturated rings. The van der Waals surface area contributed by atoms with E-state index in [-0.39, 0.29) is 23.0 Å². The van der Waals surface area contributed by atoms with Gasteiger partial charge in [-0.3, -0.25) is 4.79 Å². The molecule has 1 atom stereocenters. The van der Waals surface area contributed by atoms with Crippen molar-refractivity contribution < 1.29 is 18.7 Å². The maximum atomic E-state index is 13.3. The van der Waals surface area contributed by atoms with Gasteiger partial charge in [-0.25, -0.2) is 9.18 Å². The van der Waals surface area contributed by atoms with E-state index < -0.39 is 11.8 Å². The van der Waals surface area contributed by atoms with Crippen LogP contribution in [0.2, 0.25) is 5.02 Å². The molecule has 0 aliphatic carbocycles. The van der Waals surface area contributed by atoms with Crippen molar-refractivity contribution in [3.63, 3.8) is 0 Å². The fraction of sp³-hybridized carbons (Fsp3) is 0.529. The summed E-state index contributed by atoms with van der Waals surface area (Å²) >= 11 is 5.84. The van der Waals surface area contributed by atoms with Gasteiger partial charge in [0, 0.05) is 25.6 Å². The van der Waals surface area contributed by atoms with Gasteiger partial charge in [0.2, 0.25) is 5.91 Å². The Bertz CT molecular complexity index is 665. The van der Waals surface area contributed by atoms with Crippen LogP contribution in [-0.4, -0.2) is 54.5 Å². The monoisotopic (exact) mass is 369 g/mol. The van der Waals surface area contributed by atoms with Gasteiger partial charge < -0.3 is 20.3 Å². The fourth-order valence-corrected chi connectivity index (χ4v) is 3.56. The van der Waals surface area contributed by atoms with Crippen LogP contribution < -0.4 is 5.73 Å². The largest absolute Gasteiger partial charge is 0.370 e.